The number of aromatic nitrogens is 1. The molecule has 2 rings (SSSR count). The van der Waals surface area contributed by atoms with Gasteiger partial charge in [-0.1, -0.05) is 6.07 Å². The lowest BCUT2D eigenvalue weighted by molar-refractivity contribution is 0.102. The fourth-order valence-corrected chi connectivity index (χ4v) is 1.55. The van der Waals surface area contributed by atoms with E-state index in [1.54, 1.807) is 0 Å². The van der Waals surface area contributed by atoms with Gasteiger partial charge in [-0.05, 0) is 18.2 Å². The second-order valence-corrected chi connectivity index (χ2v) is 3.92. The first-order chi connectivity index (χ1) is 8.99. The Morgan fingerprint density at radius 1 is 1.21 bits per heavy atom. The van der Waals surface area contributed by atoms with Gasteiger partial charge >= 0.3 is 0 Å². The molecule has 1 heterocycles. The van der Waals surface area contributed by atoms with Gasteiger partial charge in [0.15, 0.2) is 11.6 Å². The van der Waals surface area contributed by atoms with Crippen LogP contribution in [0.3, 0.4) is 0 Å². The predicted molar refractivity (Wildman–Crippen MR) is 66.0 cm³/mol. The molecule has 1 amide bonds. The first-order valence-corrected chi connectivity index (χ1v) is 5.41. The van der Waals surface area contributed by atoms with Gasteiger partial charge in [-0.3, -0.25) is 9.59 Å². The molecule has 1 aromatic heterocycles. The minimum atomic E-state index is -1.20. The second kappa shape index (κ2) is 5.01. The molecule has 0 unspecified atom stereocenters. The van der Waals surface area contributed by atoms with Crippen molar-refractivity contribution in [1.29, 1.82) is 0 Å². The largest absolute Gasteiger partial charge is 0.321 e. The molecule has 2 aromatic rings. The zero-order valence-corrected chi connectivity index (χ0v) is 9.98. The van der Waals surface area contributed by atoms with Crippen molar-refractivity contribution in [3.63, 3.8) is 0 Å². The van der Waals surface area contributed by atoms with Crippen LogP contribution in [-0.2, 0) is 7.05 Å². The third kappa shape index (κ3) is 2.67. The maximum absolute atomic E-state index is 13.4. The number of benzene rings is 1. The highest BCUT2D eigenvalue weighted by Gasteiger charge is 2.15. The van der Waals surface area contributed by atoms with E-state index in [1.165, 1.54) is 42.1 Å². The Kier molecular flexibility index (Phi) is 3.41. The van der Waals surface area contributed by atoms with Crippen molar-refractivity contribution in [2.45, 2.75) is 0 Å². The number of hydrogen-bond donors (Lipinski definition) is 1. The van der Waals surface area contributed by atoms with Crippen molar-refractivity contribution in [3.05, 3.63) is 64.1 Å². The molecule has 0 fully saturated rings. The van der Waals surface area contributed by atoms with Crippen LogP contribution in [0.15, 0.2) is 41.3 Å². The van der Waals surface area contributed by atoms with Crippen LogP contribution in [0.5, 0.6) is 0 Å². The summed E-state index contributed by atoms with van der Waals surface area (Å²) < 4.78 is 27.7. The van der Waals surface area contributed by atoms with Crippen LogP contribution >= 0.6 is 0 Å². The van der Waals surface area contributed by atoms with Crippen LogP contribution in [-0.4, -0.2) is 10.5 Å². The summed E-state index contributed by atoms with van der Waals surface area (Å²) in [6.07, 6.45) is 1.39. The number of carbonyl (C=O) groups excluding carboxylic acids is 1. The number of aryl methyl sites for hydroxylation is 1. The smallest absolute Gasteiger partial charge is 0.258 e. The average molecular weight is 264 g/mol. The molecule has 0 spiro atoms. The van der Waals surface area contributed by atoms with E-state index >= 15 is 0 Å². The summed E-state index contributed by atoms with van der Waals surface area (Å²) in [6, 6.07) is 6.00. The van der Waals surface area contributed by atoms with Gasteiger partial charge in [0.05, 0.1) is 11.3 Å². The zero-order valence-electron chi connectivity index (χ0n) is 9.98. The molecule has 0 atom stereocenters. The lowest BCUT2D eigenvalue weighted by Gasteiger charge is -2.07. The summed E-state index contributed by atoms with van der Waals surface area (Å²) in [5, 5.41) is 2.39. The first-order valence-electron chi connectivity index (χ1n) is 5.41. The van der Waals surface area contributed by atoms with Crippen molar-refractivity contribution < 1.29 is 13.6 Å². The normalized spacial score (nSPS) is 10.3. The maximum atomic E-state index is 13.4. The Balaban J connectivity index is 2.28. The van der Waals surface area contributed by atoms with E-state index in [0.717, 1.165) is 6.07 Å². The number of pyridine rings is 1. The Bertz CT molecular complexity index is 695. The lowest BCUT2D eigenvalue weighted by Crippen LogP contribution is -2.18. The molecule has 19 heavy (non-hydrogen) atoms. The van der Waals surface area contributed by atoms with E-state index in [1.807, 2.05) is 0 Å². The van der Waals surface area contributed by atoms with Crippen LogP contribution in [0, 0.1) is 11.6 Å². The van der Waals surface area contributed by atoms with Crippen molar-refractivity contribution in [2.75, 3.05) is 5.32 Å². The molecule has 0 aliphatic rings. The standard InChI is InChI=1S/C13H10F2N2O2/c1-17-7-8(5-6-11(17)18)16-13(19)9-3-2-4-10(14)12(9)15/h2-7H,1H3,(H,16,19). The lowest BCUT2D eigenvalue weighted by atomic mass is 10.2. The minimum Gasteiger partial charge on any atom is -0.321 e. The molecule has 4 nitrogen and oxygen atoms in total. The number of rotatable bonds is 2. The van der Waals surface area contributed by atoms with Crippen LogP contribution in [0.1, 0.15) is 10.4 Å². The zero-order chi connectivity index (χ0) is 14.0. The number of nitrogens with zero attached hydrogens (tertiary/aromatic N) is 1. The summed E-state index contributed by atoms with van der Waals surface area (Å²) in [5.41, 5.74) is -0.320. The number of anilines is 1. The van der Waals surface area contributed by atoms with E-state index in [2.05, 4.69) is 5.32 Å². The quantitative estimate of drug-likeness (QED) is 0.900. The molecular weight excluding hydrogens is 254 g/mol. The molecule has 0 bridgehead atoms. The highest BCUT2D eigenvalue weighted by molar-refractivity contribution is 6.04. The third-order valence-corrected chi connectivity index (χ3v) is 2.54. The van der Waals surface area contributed by atoms with Gasteiger partial charge < -0.3 is 9.88 Å². The Hall–Kier alpha value is -2.50. The summed E-state index contributed by atoms with van der Waals surface area (Å²) in [5.74, 6) is -3.08. The number of hydrogen-bond acceptors (Lipinski definition) is 2. The van der Waals surface area contributed by atoms with Crippen molar-refractivity contribution in [3.8, 4) is 0 Å². The summed E-state index contributed by atoms with van der Waals surface area (Å²) >= 11 is 0. The molecule has 6 heteroatoms. The summed E-state index contributed by atoms with van der Waals surface area (Å²) in [7, 11) is 1.51. The van der Waals surface area contributed by atoms with Crippen LogP contribution < -0.4 is 10.9 Å². The second-order valence-electron chi connectivity index (χ2n) is 3.92. The Morgan fingerprint density at radius 3 is 2.63 bits per heavy atom. The molecule has 0 aliphatic heterocycles. The molecular formula is C13H10F2N2O2. The van der Waals surface area contributed by atoms with Gasteiger partial charge in [0, 0.05) is 19.3 Å². The van der Waals surface area contributed by atoms with Crippen LogP contribution in [0.4, 0.5) is 14.5 Å². The van der Waals surface area contributed by atoms with Gasteiger partial charge in [-0.25, -0.2) is 8.78 Å². The molecule has 0 saturated heterocycles. The van der Waals surface area contributed by atoms with E-state index in [0.29, 0.717) is 5.69 Å². The van der Waals surface area contributed by atoms with Gasteiger partial charge in [-0.15, -0.1) is 0 Å². The fraction of sp³-hybridized carbons (Fsp3) is 0.0769. The number of halogens is 2. The monoisotopic (exact) mass is 264 g/mol. The van der Waals surface area contributed by atoms with E-state index < -0.39 is 23.1 Å². The van der Waals surface area contributed by atoms with Crippen molar-refractivity contribution in [2.24, 2.45) is 7.05 Å². The van der Waals surface area contributed by atoms with Gasteiger partial charge in [0.1, 0.15) is 0 Å². The highest BCUT2D eigenvalue weighted by Crippen LogP contribution is 2.13. The number of amides is 1. The Labute approximate surface area is 107 Å². The maximum Gasteiger partial charge on any atom is 0.258 e. The summed E-state index contributed by atoms with van der Waals surface area (Å²) in [6.45, 7) is 0. The van der Waals surface area contributed by atoms with Crippen LogP contribution in [0.2, 0.25) is 0 Å². The highest BCUT2D eigenvalue weighted by atomic mass is 19.2. The summed E-state index contributed by atoms with van der Waals surface area (Å²) in [4.78, 5) is 22.9. The minimum absolute atomic E-state index is 0.241. The van der Waals surface area contributed by atoms with E-state index in [4.69, 9.17) is 0 Å². The number of carbonyl (C=O) groups is 1. The van der Waals surface area contributed by atoms with Crippen molar-refractivity contribution >= 4 is 11.6 Å². The molecule has 1 aromatic carbocycles. The first kappa shape index (κ1) is 12.9. The SMILES string of the molecule is Cn1cc(NC(=O)c2cccc(F)c2F)ccc1=O. The van der Waals surface area contributed by atoms with Crippen LogP contribution in [0.25, 0.3) is 0 Å². The van der Waals surface area contributed by atoms with E-state index in [9.17, 15) is 18.4 Å². The van der Waals surface area contributed by atoms with Crippen molar-refractivity contribution in [1.82, 2.24) is 4.57 Å². The molecule has 98 valence electrons. The van der Waals surface area contributed by atoms with Gasteiger partial charge in [-0.2, -0.15) is 0 Å². The topological polar surface area (TPSA) is 51.1 Å². The number of nitrogens with one attached hydrogen (secondary N) is 1. The molecule has 0 aliphatic carbocycles. The average Bonchev–Trinajstić information content (AvgIpc) is 2.37. The van der Waals surface area contributed by atoms with E-state index in [-0.39, 0.29) is 5.56 Å². The van der Waals surface area contributed by atoms with Gasteiger partial charge in [0.2, 0.25) is 5.56 Å². The predicted octanol–water partition coefficient (Wildman–Crippen LogP) is 1.92. The molecule has 0 saturated carbocycles. The van der Waals surface area contributed by atoms with Gasteiger partial charge in [0.25, 0.3) is 5.91 Å². The fourth-order valence-electron chi connectivity index (χ4n) is 1.55. The Morgan fingerprint density at radius 2 is 1.95 bits per heavy atom. The molecule has 0 radical (unpaired) electrons. The third-order valence-electron chi connectivity index (χ3n) is 2.54. The molecule has 1 N–H and O–H groups in total.